The van der Waals surface area contributed by atoms with Crippen molar-refractivity contribution >= 4 is 21.9 Å². The predicted molar refractivity (Wildman–Crippen MR) is 58.4 cm³/mol. The van der Waals surface area contributed by atoms with E-state index in [2.05, 4.69) is 0 Å². The zero-order valence-corrected chi connectivity index (χ0v) is 8.25. The zero-order valence-electron chi connectivity index (χ0n) is 8.25. The topological polar surface area (TPSA) is 13.1 Å². The van der Waals surface area contributed by atoms with Crippen molar-refractivity contribution in [3.63, 3.8) is 0 Å². The number of halogens is 1. The summed E-state index contributed by atoms with van der Waals surface area (Å²) in [5, 5.41) is 1.82. The number of furan rings is 1. The Balaban J connectivity index is 2.55. The van der Waals surface area contributed by atoms with Gasteiger partial charge in [0.05, 0.1) is 0 Å². The van der Waals surface area contributed by atoms with Crippen LogP contribution in [0.1, 0.15) is 5.56 Å². The summed E-state index contributed by atoms with van der Waals surface area (Å²) in [4.78, 5) is 0. The first-order valence-corrected chi connectivity index (χ1v) is 4.82. The van der Waals surface area contributed by atoms with Gasteiger partial charge >= 0.3 is 0 Å². The highest BCUT2D eigenvalue weighted by Gasteiger charge is 2.07. The third-order valence-corrected chi connectivity index (χ3v) is 2.59. The third kappa shape index (κ3) is 1.22. The van der Waals surface area contributed by atoms with Crippen LogP contribution in [-0.2, 0) is 0 Å². The van der Waals surface area contributed by atoms with Gasteiger partial charge in [-0.05, 0) is 37.3 Å². The first-order chi connectivity index (χ1) is 7.24. The van der Waals surface area contributed by atoms with Crippen molar-refractivity contribution in [3.05, 3.63) is 47.8 Å². The van der Waals surface area contributed by atoms with Gasteiger partial charge in [0.15, 0.2) is 0 Å². The molecule has 0 unspecified atom stereocenters. The van der Waals surface area contributed by atoms with Crippen molar-refractivity contribution in [2.24, 2.45) is 0 Å². The molecule has 74 valence electrons. The summed E-state index contributed by atoms with van der Waals surface area (Å²) < 4.78 is 18.7. The average molecular weight is 200 g/mol. The van der Waals surface area contributed by atoms with Gasteiger partial charge in [-0.15, -0.1) is 0 Å². The molecule has 2 heteroatoms. The summed E-state index contributed by atoms with van der Waals surface area (Å²) in [5.74, 6) is -0.230. The molecule has 0 saturated heterocycles. The SMILES string of the molecule is Cc1ccc2oc3ccc(F)cc3c2c1. The average Bonchev–Trinajstić information content (AvgIpc) is 2.56. The molecule has 0 bridgehead atoms. The molecule has 1 nitrogen and oxygen atoms in total. The molecule has 0 aliphatic rings. The van der Waals surface area contributed by atoms with Crippen molar-refractivity contribution in [2.75, 3.05) is 0 Å². The number of hydrogen-bond donors (Lipinski definition) is 0. The highest BCUT2D eigenvalue weighted by atomic mass is 19.1. The third-order valence-electron chi connectivity index (χ3n) is 2.59. The lowest BCUT2D eigenvalue weighted by Gasteiger charge is -1.91. The molecule has 1 aromatic heterocycles. The Morgan fingerprint density at radius 1 is 0.933 bits per heavy atom. The highest BCUT2D eigenvalue weighted by molar-refractivity contribution is 6.04. The van der Waals surface area contributed by atoms with Crippen molar-refractivity contribution in [1.82, 2.24) is 0 Å². The van der Waals surface area contributed by atoms with Crippen LogP contribution in [0.15, 0.2) is 40.8 Å². The summed E-state index contributed by atoms with van der Waals surface area (Å²) in [6.07, 6.45) is 0. The van der Waals surface area contributed by atoms with Gasteiger partial charge in [-0.1, -0.05) is 11.6 Å². The van der Waals surface area contributed by atoms with Gasteiger partial charge in [0.2, 0.25) is 0 Å². The molecule has 0 radical (unpaired) electrons. The van der Waals surface area contributed by atoms with Crippen LogP contribution < -0.4 is 0 Å². The maximum atomic E-state index is 13.1. The smallest absolute Gasteiger partial charge is 0.135 e. The summed E-state index contributed by atoms with van der Waals surface area (Å²) in [7, 11) is 0. The van der Waals surface area contributed by atoms with Crippen LogP contribution in [-0.4, -0.2) is 0 Å². The van der Waals surface area contributed by atoms with Crippen LogP contribution in [0.3, 0.4) is 0 Å². The molecular weight excluding hydrogens is 191 g/mol. The van der Waals surface area contributed by atoms with E-state index >= 15 is 0 Å². The Bertz CT molecular complexity index is 596. The fourth-order valence-corrected chi connectivity index (χ4v) is 1.86. The van der Waals surface area contributed by atoms with Crippen LogP contribution >= 0.6 is 0 Å². The number of aryl methyl sites for hydroxylation is 1. The Morgan fingerprint density at radius 3 is 2.40 bits per heavy atom. The summed E-state index contributed by atoms with van der Waals surface area (Å²) in [6.45, 7) is 2.01. The molecule has 0 aliphatic heterocycles. The largest absolute Gasteiger partial charge is 0.456 e. The van der Waals surface area contributed by atoms with E-state index in [0.29, 0.717) is 0 Å². The monoisotopic (exact) mass is 200 g/mol. The molecule has 0 aliphatic carbocycles. The molecule has 0 spiro atoms. The van der Waals surface area contributed by atoms with E-state index in [9.17, 15) is 4.39 Å². The van der Waals surface area contributed by atoms with Gasteiger partial charge in [0.1, 0.15) is 17.0 Å². The molecule has 3 aromatic rings. The maximum absolute atomic E-state index is 13.1. The summed E-state index contributed by atoms with van der Waals surface area (Å²) >= 11 is 0. The number of hydrogen-bond acceptors (Lipinski definition) is 1. The van der Waals surface area contributed by atoms with Crippen molar-refractivity contribution in [3.8, 4) is 0 Å². The van der Waals surface area contributed by atoms with E-state index in [1.165, 1.54) is 12.1 Å². The van der Waals surface area contributed by atoms with Crippen LogP contribution in [0.4, 0.5) is 4.39 Å². The molecule has 0 N–H and O–H groups in total. The minimum atomic E-state index is -0.230. The van der Waals surface area contributed by atoms with E-state index in [1.54, 1.807) is 6.07 Å². The van der Waals surface area contributed by atoms with Gasteiger partial charge in [-0.25, -0.2) is 4.39 Å². The maximum Gasteiger partial charge on any atom is 0.135 e. The highest BCUT2D eigenvalue weighted by Crippen LogP contribution is 2.29. The first-order valence-electron chi connectivity index (χ1n) is 4.82. The fraction of sp³-hybridized carbons (Fsp3) is 0.0769. The first kappa shape index (κ1) is 8.48. The Hall–Kier alpha value is -1.83. The predicted octanol–water partition coefficient (Wildman–Crippen LogP) is 4.03. The summed E-state index contributed by atoms with van der Waals surface area (Å²) in [5.41, 5.74) is 2.69. The van der Waals surface area contributed by atoms with Crippen molar-refractivity contribution in [1.29, 1.82) is 0 Å². The van der Waals surface area contributed by atoms with E-state index in [4.69, 9.17) is 4.42 Å². The quantitative estimate of drug-likeness (QED) is 0.534. The van der Waals surface area contributed by atoms with E-state index in [0.717, 1.165) is 27.5 Å². The molecule has 3 rings (SSSR count). The molecule has 0 fully saturated rings. The lowest BCUT2D eigenvalue weighted by atomic mass is 10.1. The van der Waals surface area contributed by atoms with E-state index < -0.39 is 0 Å². The second kappa shape index (κ2) is 2.83. The van der Waals surface area contributed by atoms with Crippen LogP contribution in [0, 0.1) is 12.7 Å². The van der Waals surface area contributed by atoms with E-state index in [1.807, 2.05) is 25.1 Å². The summed E-state index contributed by atoms with van der Waals surface area (Å²) in [6, 6.07) is 10.5. The van der Waals surface area contributed by atoms with Gasteiger partial charge in [-0.2, -0.15) is 0 Å². The molecule has 0 amide bonds. The normalized spacial score (nSPS) is 11.3. The molecule has 15 heavy (non-hydrogen) atoms. The standard InChI is InChI=1S/C13H9FO/c1-8-2-4-12-10(6-8)11-7-9(14)3-5-13(11)15-12/h2-7H,1H3. The molecule has 0 saturated carbocycles. The number of fused-ring (bicyclic) bond motifs is 3. The van der Waals surface area contributed by atoms with Crippen LogP contribution in [0.25, 0.3) is 21.9 Å². The fourth-order valence-electron chi connectivity index (χ4n) is 1.86. The minimum absolute atomic E-state index is 0.230. The molecule has 2 aromatic carbocycles. The van der Waals surface area contributed by atoms with E-state index in [-0.39, 0.29) is 5.82 Å². The number of rotatable bonds is 0. The minimum Gasteiger partial charge on any atom is -0.456 e. The van der Waals surface area contributed by atoms with Crippen molar-refractivity contribution < 1.29 is 8.81 Å². The van der Waals surface area contributed by atoms with Gasteiger partial charge in [0.25, 0.3) is 0 Å². The van der Waals surface area contributed by atoms with Crippen LogP contribution in [0.5, 0.6) is 0 Å². The Morgan fingerprint density at radius 2 is 1.60 bits per heavy atom. The van der Waals surface area contributed by atoms with Gasteiger partial charge < -0.3 is 4.42 Å². The van der Waals surface area contributed by atoms with Crippen molar-refractivity contribution in [2.45, 2.75) is 6.92 Å². The second-order valence-electron chi connectivity index (χ2n) is 3.74. The lowest BCUT2D eigenvalue weighted by molar-refractivity contribution is 0.626. The Kier molecular flexibility index (Phi) is 1.60. The molecule has 1 heterocycles. The van der Waals surface area contributed by atoms with Gasteiger partial charge in [-0.3, -0.25) is 0 Å². The van der Waals surface area contributed by atoms with Crippen LogP contribution in [0.2, 0.25) is 0 Å². The Labute approximate surface area is 86.1 Å². The molecular formula is C13H9FO. The van der Waals surface area contributed by atoms with Gasteiger partial charge in [0, 0.05) is 10.8 Å². The zero-order chi connectivity index (χ0) is 10.4. The lowest BCUT2D eigenvalue weighted by Crippen LogP contribution is -1.73. The molecule has 0 atom stereocenters. The second-order valence-corrected chi connectivity index (χ2v) is 3.74. The number of benzene rings is 2.